The van der Waals surface area contributed by atoms with Crippen LogP contribution in [-0.4, -0.2) is 33.0 Å². The van der Waals surface area contributed by atoms with Crippen molar-refractivity contribution in [2.75, 3.05) is 0 Å². The Hall–Kier alpha value is -2.49. The Labute approximate surface area is 129 Å². The first kappa shape index (κ1) is 14.4. The Balaban J connectivity index is 1.65. The van der Waals surface area contributed by atoms with Gasteiger partial charge in [0.05, 0.1) is 6.04 Å². The van der Waals surface area contributed by atoms with Crippen LogP contribution in [0.3, 0.4) is 0 Å². The topological polar surface area (TPSA) is 60.8 Å². The zero-order valence-corrected chi connectivity index (χ0v) is 12.4. The summed E-state index contributed by atoms with van der Waals surface area (Å²) in [6.45, 7) is 2.13. The molecule has 2 aliphatic rings. The minimum Gasteiger partial charge on any atom is -0.508 e. The number of phenolic OH excluding ortho intramolecular Hbond substituents is 1. The monoisotopic (exact) mass is 297 g/mol. The minimum absolute atomic E-state index is 0.0486. The Morgan fingerprint density at radius 2 is 1.95 bits per heavy atom. The maximum Gasteiger partial charge on any atom is 0.220 e. The highest BCUT2D eigenvalue weighted by molar-refractivity contribution is 6.04. The lowest BCUT2D eigenvalue weighted by Crippen LogP contribution is -2.36. The fourth-order valence-corrected chi connectivity index (χ4v) is 2.92. The first-order valence-electron chi connectivity index (χ1n) is 7.45. The van der Waals surface area contributed by atoms with Crippen LogP contribution in [0.15, 0.2) is 60.0 Å². The van der Waals surface area contributed by atoms with E-state index in [1.54, 1.807) is 18.2 Å². The van der Waals surface area contributed by atoms with E-state index < -0.39 is 0 Å². The molecule has 0 spiro atoms. The maximum absolute atomic E-state index is 11.5. The van der Waals surface area contributed by atoms with Crippen LogP contribution in [0.25, 0.3) is 0 Å². The summed E-state index contributed by atoms with van der Waals surface area (Å²) in [4.78, 5) is 13.6. The molecule has 0 aromatic heterocycles. The summed E-state index contributed by atoms with van der Waals surface area (Å²) >= 11 is 0. The van der Waals surface area contributed by atoms with Gasteiger partial charge < -0.3 is 15.1 Å². The summed E-state index contributed by atoms with van der Waals surface area (Å²) in [7, 11) is 0. The molecule has 2 N–H and O–H groups in total. The lowest BCUT2D eigenvalue weighted by Gasteiger charge is -2.31. The lowest BCUT2D eigenvalue weighted by molar-refractivity contribution is -0.113. The van der Waals surface area contributed by atoms with Crippen molar-refractivity contribution >= 4 is 5.78 Å². The zero-order valence-electron chi connectivity index (χ0n) is 12.4. The third-order valence-corrected chi connectivity index (χ3v) is 4.26. The average Bonchev–Trinajstić information content (AvgIpc) is 2.90. The maximum atomic E-state index is 11.5. The van der Waals surface area contributed by atoms with E-state index >= 15 is 0 Å². The van der Waals surface area contributed by atoms with E-state index in [9.17, 15) is 15.0 Å². The van der Waals surface area contributed by atoms with Gasteiger partial charge in [-0.2, -0.15) is 0 Å². The normalized spacial score (nSPS) is 21.4. The van der Waals surface area contributed by atoms with E-state index in [1.165, 1.54) is 11.6 Å². The second-order valence-electron chi connectivity index (χ2n) is 5.82. The van der Waals surface area contributed by atoms with E-state index in [4.69, 9.17) is 0 Å². The number of fused-ring (bicyclic) bond motifs is 1. The number of rotatable bonds is 4. The van der Waals surface area contributed by atoms with E-state index in [0.29, 0.717) is 0 Å². The predicted molar refractivity (Wildman–Crippen MR) is 84.5 cm³/mol. The van der Waals surface area contributed by atoms with Gasteiger partial charge in [-0.05, 0) is 61.3 Å². The fraction of sp³-hybridized carbons (Fsp3) is 0.278. The summed E-state index contributed by atoms with van der Waals surface area (Å²) in [6.07, 6.45) is 8.90. The zero-order chi connectivity index (χ0) is 15.7. The van der Waals surface area contributed by atoms with Crippen molar-refractivity contribution in [2.45, 2.75) is 31.8 Å². The summed E-state index contributed by atoms with van der Waals surface area (Å²) in [5, 5.41) is 18.9. The van der Waals surface area contributed by atoms with E-state index in [-0.39, 0.29) is 29.4 Å². The SMILES string of the molecule is CC(CCc1ccc(O)cc1)N1C=CC2=CC(=O)C(O)=CC21. The second-order valence-corrected chi connectivity index (χ2v) is 5.82. The Morgan fingerprint density at radius 1 is 1.23 bits per heavy atom. The number of ketones is 1. The van der Waals surface area contributed by atoms with E-state index in [2.05, 4.69) is 11.8 Å². The number of aliphatic hydroxyl groups is 1. The summed E-state index contributed by atoms with van der Waals surface area (Å²) in [5.41, 5.74) is 2.11. The number of nitrogens with zero attached hydrogens (tertiary/aromatic N) is 1. The molecule has 1 aliphatic carbocycles. The third kappa shape index (κ3) is 2.77. The van der Waals surface area contributed by atoms with Crippen LogP contribution < -0.4 is 0 Å². The van der Waals surface area contributed by atoms with Crippen LogP contribution in [0.2, 0.25) is 0 Å². The Bertz CT molecular complexity index is 670. The van der Waals surface area contributed by atoms with Crippen LogP contribution in [0, 0.1) is 0 Å². The molecular formula is C18H19NO3. The summed E-state index contributed by atoms with van der Waals surface area (Å²) < 4.78 is 0. The quantitative estimate of drug-likeness (QED) is 0.897. The van der Waals surface area contributed by atoms with E-state index in [1.807, 2.05) is 24.4 Å². The highest BCUT2D eigenvalue weighted by atomic mass is 16.3. The number of benzene rings is 1. The molecule has 3 rings (SSSR count). The molecule has 1 aliphatic heterocycles. The van der Waals surface area contributed by atoms with Crippen LogP contribution in [0.4, 0.5) is 0 Å². The van der Waals surface area contributed by atoms with Gasteiger partial charge in [-0.25, -0.2) is 0 Å². The van der Waals surface area contributed by atoms with Crippen molar-refractivity contribution in [1.82, 2.24) is 4.90 Å². The molecule has 0 saturated heterocycles. The summed E-state index contributed by atoms with van der Waals surface area (Å²) in [6, 6.07) is 7.48. The van der Waals surface area contributed by atoms with Crippen LogP contribution in [0.5, 0.6) is 5.75 Å². The lowest BCUT2D eigenvalue weighted by atomic mass is 9.98. The molecular weight excluding hydrogens is 278 g/mol. The predicted octanol–water partition coefficient (Wildman–Crippen LogP) is 2.86. The second kappa shape index (κ2) is 5.72. The smallest absolute Gasteiger partial charge is 0.220 e. The fourth-order valence-electron chi connectivity index (χ4n) is 2.92. The molecule has 2 unspecified atom stereocenters. The van der Waals surface area contributed by atoms with Crippen LogP contribution in [0.1, 0.15) is 18.9 Å². The number of allylic oxidation sites excluding steroid dienone is 1. The molecule has 1 aromatic rings. The van der Waals surface area contributed by atoms with Gasteiger partial charge in [-0.1, -0.05) is 12.1 Å². The largest absolute Gasteiger partial charge is 0.508 e. The van der Waals surface area contributed by atoms with Gasteiger partial charge in [0, 0.05) is 12.2 Å². The van der Waals surface area contributed by atoms with Gasteiger partial charge in [0.1, 0.15) is 5.75 Å². The van der Waals surface area contributed by atoms with Gasteiger partial charge in [0.25, 0.3) is 0 Å². The molecule has 2 atom stereocenters. The number of hydrogen-bond acceptors (Lipinski definition) is 4. The van der Waals surface area contributed by atoms with Crippen molar-refractivity contribution in [3.63, 3.8) is 0 Å². The molecule has 1 heterocycles. The number of aromatic hydroxyl groups is 1. The average molecular weight is 297 g/mol. The number of phenols is 1. The van der Waals surface area contributed by atoms with Crippen molar-refractivity contribution in [3.05, 3.63) is 65.6 Å². The Kier molecular flexibility index (Phi) is 3.75. The molecule has 0 amide bonds. The van der Waals surface area contributed by atoms with Crippen molar-refractivity contribution in [3.8, 4) is 5.75 Å². The minimum atomic E-state index is -0.325. The molecule has 22 heavy (non-hydrogen) atoms. The van der Waals surface area contributed by atoms with Gasteiger partial charge in [0.15, 0.2) is 5.76 Å². The number of aryl methyl sites for hydroxylation is 1. The van der Waals surface area contributed by atoms with Crippen molar-refractivity contribution < 1.29 is 15.0 Å². The standard InChI is InChI=1S/C18H19NO3/c1-12(2-3-13-4-6-15(20)7-5-13)19-9-8-14-10-17(21)18(22)11-16(14)19/h4-12,16,20,22H,2-3H2,1H3. The first-order valence-corrected chi connectivity index (χ1v) is 7.45. The van der Waals surface area contributed by atoms with Crippen molar-refractivity contribution in [1.29, 1.82) is 0 Å². The number of aliphatic hydroxyl groups excluding tert-OH is 1. The third-order valence-electron chi connectivity index (χ3n) is 4.26. The number of hydrogen-bond donors (Lipinski definition) is 2. The highest BCUT2D eigenvalue weighted by Gasteiger charge is 2.30. The molecule has 114 valence electrons. The molecule has 1 aromatic carbocycles. The molecule has 4 heteroatoms. The van der Waals surface area contributed by atoms with Crippen LogP contribution in [-0.2, 0) is 11.2 Å². The molecule has 0 fully saturated rings. The van der Waals surface area contributed by atoms with Gasteiger partial charge >= 0.3 is 0 Å². The van der Waals surface area contributed by atoms with Gasteiger partial charge in [-0.3, -0.25) is 4.79 Å². The molecule has 0 saturated carbocycles. The first-order chi connectivity index (χ1) is 10.5. The highest BCUT2D eigenvalue weighted by Crippen LogP contribution is 2.29. The number of carbonyl (C=O) groups is 1. The van der Waals surface area contributed by atoms with Gasteiger partial charge in [0.2, 0.25) is 5.78 Å². The van der Waals surface area contributed by atoms with Gasteiger partial charge in [-0.15, -0.1) is 0 Å². The molecule has 0 radical (unpaired) electrons. The molecule has 0 bridgehead atoms. The Morgan fingerprint density at radius 3 is 2.68 bits per heavy atom. The van der Waals surface area contributed by atoms with Crippen molar-refractivity contribution in [2.24, 2.45) is 0 Å². The van der Waals surface area contributed by atoms with Crippen LogP contribution >= 0.6 is 0 Å². The molecule has 4 nitrogen and oxygen atoms in total. The van der Waals surface area contributed by atoms with E-state index in [0.717, 1.165) is 18.4 Å². The summed E-state index contributed by atoms with van der Waals surface area (Å²) in [5.74, 6) is -0.218. The number of carbonyl (C=O) groups excluding carboxylic acids is 1.